The number of methoxy groups -OCH3 is 1. The molecule has 1 N–H and O–H groups in total. The number of aromatic amines is 1. The first-order chi connectivity index (χ1) is 4.84. The number of ketones is 1. The molecular formula is C6H8N2O2. The molecule has 1 aromatic rings. The van der Waals surface area contributed by atoms with E-state index in [9.17, 15) is 4.79 Å². The van der Waals surface area contributed by atoms with Crippen molar-refractivity contribution in [3.63, 3.8) is 0 Å². The maximum absolute atomic E-state index is 10.9. The zero-order valence-electron chi connectivity index (χ0n) is 5.63. The average molecular weight is 140 g/mol. The van der Waals surface area contributed by atoms with Crippen LogP contribution in [0, 0.1) is 0 Å². The Morgan fingerprint density at radius 3 is 3.20 bits per heavy atom. The van der Waals surface area contributed by atoms with Crippen LogP contribution >= 0.6 is 0 Å². The summed E-state index contributed by atoms with van der Waals surface area (Å²) in [5, 5.41) is 0. The molecule has 0 bridgehead atoms. The van der Waals surface area contributed by atoms with Gasteiger partial charge in [0.2, 0.25) is 5.78 Å². The van der Waals surface area contributed by atoms with Crippen LogP contribution < -0.4 is 0 Å². The van der Waals surface area contributed by atoms with E-state index < -0.39 is 0 Å². The minimum absolute atomic E-state index is 0.0769. The fourth-order valence-electron chi connectivity index (χ4n) is 0.617. The molecule has 0 aliphatic rings. The molecule has 4 heteroatoms. The Kier molecular flexibility index (Phi) is 2.17. The Hall–Kier alpha value is -1.16. The summed E-state index contributed by atoms with van der Waals surface area (Å²) in [6.45, 7) is 0.0769. The lowest BCUT2D eigenvalue weighted by Crippen LogP contribution is -2.08. The molecule has 0 radical (unpaired) electrons. The molecule has 0 amide bonds. The number of rotatable bonds is 3. The molecule has 0 spiro atoms. The maximum Gasteiger partial charge on any atom is 0.223 e. The first-order valence-corrected chi connectivity index (χ1v) is 2.86. The van der Waals surface area contributed by atoms with Gasteiger partial charge >= 0.3 is 0 Å². The SMILES string of the molecule is COCC(=O)c1ncc[nH]1. The Labute approximate surface area is 58.2 Å². The van der Waals surface area contributed by atoms with E-state index in [-0.39, 0.29) is 12.4 Å². The Morgan fingerprint density at radius 1 is 1.90 bits per heavy atom. The molecule has 1 aromatic heterocycles. The smallest absolute Gasteiger partial charge is 0.223 e. The van der Waals surface area contributed by atoms with E-state index in [0.29, 0.717) is 5.82 Å². The van der Waals surface area contributed by atoms with Crippen LogP contribution in [0.2, 0.25) is 0 Å². The molecule has 0 atom stereocenters. The van der Waals surface area contributed by atoms with Crippen molar-refractivity contribution in [2.75, 3.05) is 13.7 Å². The highest BCUT2D eigenvalue weighted by atomic mass is 16.5. The predicted molar refractivity (Wildman–Crippen MR) is 34.8 cm³/mol. The molecule has 0 unspecified atom stereocenters. The molecule has 10 heavy (non-hydrogen) atoms. The third kappa shape index (κ3) is 1.41. The summed E-state index contributed by atoms with van der Waals surface area (Å²) >= 11 is 0. The van der Waals surface area contributed by atoms with Gasteiger partial charge in [0, 0.05) is 19.5 Å². The molecule has 54 valence electrons. The first-order valence-electron chi connectivity index (χ1n) is 2.86. The quantitative estimate of drug-likeness (QED) is 0.612. The minimum atomic E-state index is -0.132. The second-order valence-electron chi connectivity index (χ2n) is 1.79. The second-order valence-corrected chi connectivity index (χ2v) is 1.79. The van der Waals surface area contributed by atoms with Crippen LogP contribution in [0.25, 0.3) is 0 Å². The van der Waals surface area contributed by atoms with Gasteiger partial charge < -0.3 is 9.72 Å². The van der Waals surface area contributed by atoms with Gasteiger partial charge in [0.15, 0.2) is 5.82 Å². The monoisotopic (exact) mass is 140 g/mol. The van der Waals surface area contributed by atoms with Crippen molar-refractivity contribution in [2.45, 2.75) is 0 Å². The summed E-state index contributed by atoms with van der Waals surface area (Å²) in [5.41, 5.74) is 0. The summed E-state index contributed by atoms with van der Waals surface area (Å²) in [7, 11) is 1.47. The normalized spacial score (nSPS) is 9.70. The number of ether oxygens (including phenoxy) is 1. The summed E-state index contributed by atoms with van der Waals surface area (Å²) < 4.78 is 4.62. The minimum Gasteiger partial charge on any atom is -0.376 e. The zero-order chi connectivity index (χ0) is 7.40. The van der Waals surface area contributed by atoms with Gasteiger partial charge in [0.25, 0.3) is 0 Å². The van der Waals surface area contributed by atoms with Gasteiger partial charge in [-0.05, 0) is 0 Å². The fraction of sp³-hybridized carbons (Fsp3) is 0.333. The van der Waals surface area contributed by atoms with Gasteiger partial charge in [-0.1, -0.05) is 0 Å². The van der Waals surface area contributed by atoms with Gasteiger partial charge in [-0.15, -0.1) is 0 Å². The predicted octanol–water partition coefficient (Wildman–Crippen LogP) is 0.239. The largest absolute Gasteiger partial charge is 0.376 e. The molecule has 1 rings (SSSR count). The van der Waals surface area contributed by atoms with Crippen molar-refractivity contribution in [1.82, 2.24) is 9.97 Å². The Bertz CT molecular complexity index is 206. The molecule has 0 aliphatic carbocycles. The van der Waals surface area contributed by atoms with Crippen LogP contribution in [0.1, 0.15) is 10.6 Å². The van der Waals surface area contributed by atoms with Crippen LogP contribution in [0.5, 0.6) is 0 Å². The van der Waals surface area contributed by atoms with Crippen molar-refractivity contribution in [3.8, 4) is 0 Å². The van der Waals surface area contributed by atoms with E-state index in [1.54, 1.807) is 6.20 Å². The molecule has 0 saturated heterocycles. The summed E-state index contributed by atoms with van der Waals surface area (Å²) in [6, 6.07) is 0. The lowest BCUT2D eigenvalue weighted by Gasteiger charge is -1.92. The number of Topliss-reactive ketones (excluding diaryl/α,β-unsaturated/α-hetero) is 1. The number of carbonyl (C=O) groups is 1. The van der Waals surface area contributed by atoms with Crippen molar-refractivity contribution < 1.29 is 9.53 Å². The summed E-state index contributed by atoms with van der Waals surface area (Å²) in [5.74, 6) is 0.217. The molecule has 0 aliphatic heterocycles. The van der Waals surface area contributed by atoms with Gasteiger partial charge in [-0.2, -0.15) is 0 Å². The standard InChI is InChI=1S/C6H8N2O2/c1-10-4-5(9)6-7-2-3-8-6/h2-3H,4H2,1H3,(H,7,8). The maximum atomic E-state index is 10.9. The highest BCUT2D eigenvalue weighted by Gasteiger charge is 2.05. The number of hydrogen-bond donors (Lipinski definition) is 1. The molecule has 0 fully saturated rings. The van der Waals surface area contributed by atoms with Crippen LogP contribution in [0.15, 0.2) is 12.4 Å². The van der Waals surface area contributed by atoms with E-state index in [4.69, 9.17) is 0 Å². The molecule has 0 saturated carbocycles. The number of nitrogens with zero attached hydrogens (tertiary/aromatic N) is 1. The van der Waals surface area contributed by atoms with Crippen LogP contribution in [-0.4, -0.2) is 29.5 Å². The molecule has 1 heterocycles. The van der Waals surface area contributed by atoms with Gasteiger partial charge in [0.1, 0.15) is 6.61 Å². The molecule has 0 aromatic carbocycles. The zero-order valence-corrected chi connectivity index (χ0v) is 5.63. The van der Waals surface area contributed by atoms with E-state index in [0.717, 1.165) is 0 Å². The van der Waals surface area contributed by atoms with Crippen LogP contribution in [0.4, 0.5) is 0 Å². The van der Waals surface area contributed by atoms with Gasteiger partial charge in [-0.25, -0.2) is 4.98 Å². The van der Waals surface area contributed by atoms with Gasteiger partial charge in [-0.3, -0.25) is 4.79 Å². The van der Waals surface area contributed by atoms with Crippen molar-refractivity contribution in [3.05, 3.63) is 18.2 Å². The van der Waals surface area contributed by atoms with Crippen molar-refractivity contribution in [2.24, 2.45) is 0 Å². The fourth-order valence-corrected chi connectivity index (χ4v) is 0.617. The lowest BCUT2D eigenvalue weighted by molar-refractivity contribution is 0.0838. The van der Waals surface area contributed by atoms with E-state index >= 15 is 0 Å². The lowest BCUT2D eigenvalue weighted by atomic mass is 10.4. The van der Waals surface area contributed by atoms with Gasteiger partial charge in [0.05, 0.1) is 0 Å². The topological polar surface area (TPSA) is 55.0 Å². The van der Waals surface area contributed by atoms with Crippen LogP contribution in [0.3, 0.4) is 0 Å². The third-order valence-electron chi connectivity index (χ3n) is 1.04. The van der Waals surface area contributed by atoms with E-state index in [1.165, 1.54) is 13.3 Å². The Balaban J connectivity index is 2.59. The number of nitrogens with one attached hydrogen (secondary N) is 1. The number of H-pyrrole nitrogens is 1. The van der Waals surface area contributed by atoms with Crippen molar-refractivity contribution >= 4 is 5.78 Å². The number of aromatic nitrogens is 2. The summed E-state index contributed by atoms with van der Waals surface area (Å²) in [4.78, 5) is 17.3. The number of hydrogen-bond acceptors (Lipinski definition) is 3. The Morgan fingerprint density at radius 2 is 2.70 bits per heavy atom. The summed E-state index contributed by atoms with van der Waals surface area (Å²) in [6.07, 6.45) is 3.13. The second kappa shape index (κ2) is 3.12. The van der Waals surface area contributed by atoms with Crippen molar-refractivity contribution in [1.29, 1.82) is 0 Å². The average Bonchev–Trinajstić information content (AvgIpc) is 2.38. The van der Waals surface area contributed by atoms with E-state index in [1.807, 2.05) is 0 Å². The highest BCUT2D eigenvalue weighted by molar-refractivity contribution is 5.93. The number of imidazole rings is 1. The first kappa shape index (κ1) is 6.95. The third-order valence-corrected chi connectivity index (χ3v) is 1.04. The number of carbonyl (C=O) groups excluding carboxylic acids is 1. The highest BCUT2D eigenvalue weighted by Crippen LogP contribution is 1.89. The molecule has 4 nitrogen and oxygen atoms in total. The van der Waals surface area contributed by atoms with E-state index in [2.05, 4.69) is 14.7 Å². The van der Waals surface area contributed by atoms with Crippen LogP contribution in [-0.2, 0) is 4.74 Å². The molecular weight excluding hydrogens is 132 g/mol.